The van der Waals surface area contributed by atoms with Gasteiger partial charge in [0.15, 0.2) is 0 Å². The first-order chi connectivity index (χ1) is 9.33. The molecular weight excluding hydrogens is 280 g/mol. The number of sulfonamides is 1. The molecule has 1 aromatic rings. The molecule has 0 radical (unpaired) electrons. The van der Waals surface area contributed by atoms with Crippen LogP contribution in [0.3, 0.4) is 0 Å². The van der Waals surface area contributed by atoms with Gasteiger partial charge in [0, 0.05) is 6.54 Å². The molecule has 0 aliphatic heterocycles. The number of carboxylic acid groups (broad SMARTS) is 1. The molecule has 0 bridgehead atoms. The number of hydrogen-bond acceptors (Lipinski definition) is 4. The summed E-state index contributed by atoms with van der Waals surface area (Å²) in [6, 6.07) is 5.16. The molecule has 0 heterocycles. The van der Waals surface area contributed by atoms with E-state index in [4.69, 9.17) is 5.11 Å². The number of carboxylic acids is 1. The van der Waals surface area contributed by atoms with Crippen molar-refractivity contribution in [2.45, 2.75) is 17.7 Å². The Hall–Kier alpha value is -1.44. The lowest BCUT2D eigenvalue weighted by Crippen LogP contribution is -2.25. The van der Waals surface area contributed by atoms with Crippen LogP contribution in [0, 0.1) is 0 Å². The molecule has 0 unspecified atom stereocenters. The van der Waals surface area contributed by atoms with E-state index in [9.17, 15) is 13.2 Å². The van der Waals surface area contributed by atoms with Crippen LogP contribution < -0.4 is 4.72 Å². The van der Waals surface area contributed by atoms with Gasteiger partial charge in [-0.1, -0.05) is 0 Å². The second kappa shape index (κ2) is 7.37. The lowest BCUT2D eigenvalue weighted by molar-refractivity contribution is 0.0696. The van der Waals surface area contributed by atoms with Gasteiger partial charge in [-0.15, -0.1) is 0 Å². The number of rotatable bonds is 8. The van der Waals surface area contributed by atoms with E-state index in [1.165, 1.54) is 24.3 Å². The third kappa shape index (κ3) is 5.28. The van der Waals surface area contributed by atoms with Crippen molar-refractivity contribution in [2.75, 3.05) is 27.2 Å². The summed E-state index contributed by atoms with van der Waals surface area (Å²) in [6.45, 7) is 1.28. The minimum atomic E-state index is -3.56. The molecular formula is C13H20N2O4S. The molecule has 2 N–H and O–H groups in total. The first kappa shape index (κ1) is 16.6. The van der Waals surface area contributed by atoms with E-state index in [0.717, 1.165) is 19.4 Å². The van der Waals surface area contributed by atoms with Crippen LogP contribution in [0.15, 0.2) is 29.2 Å². The number of hydrogen-bond donors (Lipinski definition) is 2. The van der Waals surface area contributed by atoms with Crippen LogP contribution in [0.25, 0.3) is 0 Å². The normalized spacial score (nSPS) is 11.8. The summed E-state index contributed by atoms with van der Waals surface area (Å²) in [6.07, 6.45) is 1.66. The van der Waals surface area contributed by atoms with E-state index < -0.39 is 16.0 Å². The van der Waals surface area contributed by atoms with Crippen LogP contribution in [0.2, 0.25) is 0 Å². The highest BCUT2D eigenvalue weighted by molar-refractivity contribution is 7.89. The van der Waals surface area contributed by atoms with Crippen LogP contribution in [-0.4, -0.2) is 51.6 Å². The third-order valence-corrected chi connectivity index (χ3v) is 4.21. The van der Waals surface area contributed by atoms with E-state index in [1.807, 2.05) is 19.0 Å². The zero-order valence-electron chi connectivity index (χ0n) is 11.7. The highest BCUT2D eigenvalue weighted by atomic mass is 32.2. The van der Waals surface area contributed by atoms with Gasteiger partial charge in [0.05, 0.1) is 10.5 Å². The molecule has 1 aromatic carbocycles. The fourth-order valence-corrected chi connectivity index (χ4v) is 2.69. The van der Waals surface area contributed by atoms with E-state index in [1.54, 1.807) is 0 Å². The molecule has 0 amide bonds. The van der Waals surface area contributed by atoms with E-state index in [2.05, 4.69) is 4.72 Å². The number of aromatic carboxylic acids is 1. The average molecular weight is 300 g/mol. The molecule has 20 heavy (non-hydrogen) atoms. The summed E-state index contributed by atoms with van der Waals surface area (Å²) >= 11 is 0. The standard InChI is InChI=1S/C13H20N2O4S/c1-15(2)10-4-3-9-14-20(18,19)12-7-5-11(6-8-12)13(16)17/h5-8,14H,3-4,9-10H2,1-2H3,(H,16,17). The highest BCUT2D eigenvalue weighted by Crippen LogP contribution is 2.10. The zero-order valence-corrected chi connectivity index (χ0v) is 12.5. The summed E-state index contributed by atoms with van der Waals surface area (Å²) in [5, 5.41) is 8.75. The molecule has 0 spiro atoms. The predicted octanol–water partition coefficient (Wildman–Crippen LogP) is 1.00. The van der Waals surface area contributed by atoms with Crippen molar-refractivity contribution in [1.29, 1.82) is 0 Å². The summed E-state index contributed by atoms with van der Waals surface area (Å²) in [4.78, 5) is 12.8. The Kier molecular flexibility index (Phi) is 6.12. The second-order valence-corrected chi connectivity index (χ2v) is 6.50. The van der Waals surface area contributed by atoms with Crippen molar-refractivity contribution in [2.24, 2.45) is 0 Å². The SMILES string of the molecule is CN(C)CCCCNS(=O)(=O)c1ccc(C(=O)O)cc1. The minimum Gasteiger partial charge on any atom is -0.478 e. The molecule has 112 valence electrons. The lowest BCUT2D eigenvalue weighted by Gasteiger charge is -2.10. The van der Waals surface area contributed by atoms with Crippen molar-refractivity contribution in [3.8, 4) is 0 Å². The number of carbonyl (C=O) groups is 1. The van der Waals surface area contributed by atoms with Gasteiger partial charge in [0.1, 0.15) is 0 Å². The van der Waals surface area contributed by atoms with Crippen LogP contribution in [0.5, 0.6) is 0 Å². The van der Waals surface area contributed by atoms with Crippen LogP contribution in [-0.2, 0) is 10.0 Å². The van der Waals surface area contributed by atoms with Gasteiger partial charge in [-0.2, -0.15) is 0 Å². The third-order valence-electron chi connectivity index (χ3n) is 2.74. The lowest BCUT2D eigenvalue weighted by atomic mass is 10.2. The van der Waals surface area contributed by atoms with Gasteiger partial charge in [0.2, 0.25) is 10.0 Å². The Balaban J connectivity index is 2.54. The number of nitrogens with one attached hydrogen (secondary N) is 1. The molecule has 0 aliphatic carbocycles. The zero-order chi connectivity index (χ0) is 15.2. The molecule has 7 heteroatoms. The molecule has 0 saturated carbocycles. The van der Waals surface area contributed by atoms with Crippen molar-refractivity contribution in [3.05, 3.63) is 29.8 Å². The second-order valence-electron chi connectivity index (χ2n) is 4.74. The number of unbranched alkanes of at least 4 members (excludes halogenated alkanes) is 1. The van der Waals surface area contributed by atoms with Crippen molar-refractivity contribution in [1.82, 2.24) is 9.62 Å². The maximum atomic E-state index is 11.9. The molecule has 0 fully saturated rings. The quantitative estimate of drug-likeness (QED) is 0.700. The van der Waals surface area contributed by atoms with Gasteiger partial charge >= 0.3 is 5.97 Å². The van der Waals surface area contributed by atoms with Crippen LogP contribution in [0.1, 0.15) is 23.2 Å². The minimum absolute atomic E-state index is 0.0648. The Morgan fingerprint density at radius 3 is 2.30 bits per heavy atom. The van der Waals surface area contributed by atoms with Gasteiger partial charge in [-0.3, -0.25) is 0 Å². The van der Waals surface area contributed by atoms with Gasteiger partial charge in [-0.25, -0.2) is 17.9 Å². The van der Waals surface area contributed by atoms with Gasteiger partial charge in [-0.05, 0) is 57.7 Å². The first-order valence-electron chi connectivity index (χ1n) is 6.30. The monoisotopic (exact) mass is 300 g/mol. The van der Waals surface area contributed by atoms with Crippen molar-refractivity contribution >= 4 is 16.0 Å². The summed E-state index contributed by atoms with van der Waals surface area (Å²) < 4.78 is 26.4. The Bertz CT molecular complexity index is 538. The summed E-state index contributed by atoms with van der Waals surface area (Å²) in [5.74, 6) is -1.08. The molecule has 6 nitrogen and oxygen atoms in total. The number of nitrogens with zero attached hydrogens (tertiary/aromatic N) is 1. The van der Waals surface area contributed by atoms with E-state index in [0.29, 0.717) is 6.54 Å². The fraction of sp³-hybridized carbons (Fsp3) is 0.462. The molecule has 0 aromatic heterocycles. The fourth-order valence-electron chi connectivity index (χ4n) is 1.62. The van der Waals surface area contributed by atoms with Crippen LogP contribution in [0.4, 0.5) is 0 Å². The van der Waals surface area contributed by atoms with Gasteiger partial charge in [0.25, 0.3) is 0 Å². The van der Waals surface area contributed by atoms with Crippen molar-refractivity contribution in [3.63, 3.8) is 0 Å². The number of benzene rings is 1. The maximum Gasteiger partial charge on any atom is 0.335 e. The summed E-state index contributed by atoms with van der Waals surface area (Å²) in [7, 11) is 0.373. The smallest absolute Gasteiger partial charge is 0.335 e. The topological polar surface area (TPSA) is 86.7 Å². The molecule has 0 atom stereocenters. The van der Waals surface area contributed by atoms with Gasteiger partial charge < -0.3 is 10.0 Å². The Labute approximate surface area is 119 Å². The average Bonchev–Trinajstić information content (AvgIpc) is 2.38. The maximum absolute atomic E-state index is 11.9. The molecule has 1 rings (SSSR count). The van der Waals surface area contributed by atoms with Crippen LogP contribution >= 0.6 is 0 Å². The largest absolute Gasteiger partial charge is 0.478 e. The molecule has 0 aliphatic rings. The first-order valence-corrected chi connectivity index (χ1v) is 7.79. The Morgan fingerprint density at radius 1 is 1.20 bits per heavy atom. The summed E-state index contributed by atoms with van der Waals surface area (Å²) in [5.41, 5.74) is 0.0648. The molecule has 0 saturated heterocycles. The predicted molar refractivity (Wildman–Crippen MR) is 76.4 cm³/mol. The Morgan fingerprint density at radius 2 is 1.80 bits per heavy atom. The van der Waals surface area contributed by atoms with E-state index in [-0.39, 0.29) is 10.5 Å². The highest BCUT2D eigenvalue weighted by Gasteiger charge is 2.13. The van der Waals surface area contributed by atoms with Crippen molar-refractivity contribution < 1.29 is 18.3 Å². The van der Waals surface area contributed by atoms with E-state index >= 15 is 0 Å².